The number of nitrogens with one attached hydrogen (secondary N) is 3. The van der Waals surface area contributed by atoms with Crippen LogP contribution >= 0.6 is 11.3 Å². The first kappa shape index (κ1) is 26.0. The molecule has 1 fully saturated rings. The number of hydrogen-bond donors (Lipinski definition) is 4. The summed E-state index contributed by atoms with van der Waals surface area (Å²) < 4.78 is 46.1. The Morgan fingerprint density at radius 3 is 2.55 bits per heavy atom. The molecule has 3 atom stereocenters. The maximum absolute atomic E-state index is 13.5. The van der Waals surface area contributed by atoms with Crippen LogP contribution in [0.15, 0.2) is 64.0 Å². The van der Waals surface area contributed by atoms with Gasteiger partial charge in [0.25, 0.3) is 11.8 Å². The van der Waals surface area contributed by atoms with Crippen LogP contribution in [0, 0.1) is 0 Å². The van der Waals surface area contributed by atoms with Gasteiger partial charge in [0.2, 0.25) is 11.2 Å². The van der Waals surface area contributed by atoms with Crippen molar-refractivity contribution in [2.75, 3.05) is 16.0 Å². The van der Waals surface area contributed by atoms with Crippen LogP contribution < -0.4 is 16.0 Å². The number of aromatic nitrogens is 3. The van der Waals surface area contributed by atoms with Gasteiger partial charge in [0.05, 0.1) is 23.5 Å². The Kier molecular flexibility index (Phi) is 6.72. The van der Waals surface area contributed by atoms with Crippen molar-refractivity contribution in [1.82, 2.24) is 15.2 Å². The molecule has 1 amide bonds. The van der Waals surface area contributed by atoms with Gasteiger partial charge < -0.3 is 25.5 Å². The number of nitrogens with zero attached hydrogens (tertiary/aromatic N) is 4. The fraction of sp³-hybridized carbons (Fsp3) is 0.269. The van der Waals surface area contributed by atoms with Gasteiger partial charge >= 0.3 is 12.2 Å². The number of aliphatic imine (C=N–C) groups is 1. The van der Waals surface area contributed by atoms with Crippen molar-refractivity contribution in [2.24, 2.45) is 4.99 Å². The van der Waals surface area contributed by atoms with Crippen molar-refractivity contribution in [3.8, 4) is 11.6 Å². The molecule has 10 nitrogen and oxygen atoms in total. The lowest BCUT2D eigenvalue weighted by molar-refractivity contribution is -0.137. The molecule has 4 aromatic rings. The third-order valence-corrected chi connectivity index (χ3v) is 7.58. The highest BCUT2D eigenvalue weighted by atomic mass is 32.1. The number of benzene rings is 2. The van der Waals surface area contributed by atoms with E-state index >= 15 is 0 Å². The number of fused-ring (bicyclic) bond motifs is 1. The van der Waals surface area contributed by atoms with Crippen molar-refractivity contribution < 1.29 is 27.5 Å². The van der Waals surface area contributed by atoms with Gasteiger partial charge in [0, 0.05) is 11.1 Å². The number of amides is 1. The first-order valence-corrected chi connectivity index (χ1v) is 13.2. The maximum Gasteiger partial charge on any atom is 0.443 e. The zero-order chi connectivity index (χ0) is 27.9. The lowest BCUT2D eigenvalue weighted by Gasteiger charge is -2.16. The van der Waals surface area contributed by atoms with E-state index in [2.05, 4.69) is 36.1 Å². The lowest BCUT2D eigenvalue weighted by atomic mass is 10.0. The molecule has 14 heteroatoms. The van der Waals surface area contributed by atoms with Crippen molar-refractivity contribution >= 4 is 39.7 Å². The third kappa shape index (κ3) is 5.14. The van der Waals surface area contributed by atoms with Crippen molar-refractivity contribution in [3.05, 3.63) is 70.7 Å². The number of benzodiazepines with no additional fused rings is 1. The molecule has 2 aromatic heterocycles. The van der Waals surface area contributed by atoms with Crippen LogP contribution in [0.5, 0.6) is 0 Å². The minimum absolute atomic E-state index is 0.0560. The quantitative estimate of drug-likeness (QED) is 0.261. The van der Waals surface area contributed by atoms with Crippen LogP contribution in [0.2, 0.25) is 0 Å². The van der Waals surface area contributed by atoms with Crippen molar-refractivity contribution in [3.63, 3.8) is 0 Å². The molecule has 40 heavy (non-hydrogen) atoms. The molecule has 1 aliphatic carbocycles. The van der Waals surface area contributed by atoms with E-state index in [0.29, 0.717) is 41.1 Å². The van der Waals surface area contributed by atoms with Gasteiger partial charge in [-0.1, -0.05) is 65.0 Å². The van der Waals surface area contributed by atoms with Crippen LogP contribution in [-0.2, 0) is 11.0 Å². The Morgan fingerprint density at radius 1 is 1.02 bits per heavy atom. The van der Waals surface area contributed by atoms with E-state index in [4.69, 9.17) is 4.42 Å². The largest absolute Gasteiger partial charge is 0.443 e. The number of thiazole rings is 1. The number of carbonyl (C=O) groups is 1. The number of rotatable bonds is 6. The SMILES string of the molecule is O=C1Nc2ccccc2C(c2ccccc2)=N[C@@H]1Nc1nnc(-c2nc(C(F)(F)F)sc2N[C@H]2CCCC2O)o1. The van der Waals surface area contributed by atoms with E-state index in [1.807, 2.05) is 42.5 Å². The van der Waals surface area contributed by atoms with Crippen LogP contribution in [0.4, 0.5) is 29.9 Å². The van der Waals surface area contributed by atoms with Crippen LogP contribution in [0.1, 0.15) is 35.4 Å². The van der Waals surface area contributed by atoms with E-state index < -0.39 is 35.4 Å². The summed E-state index contributed by atoms with van der Waals surface area (Å²) in [6, 6.07) is 15.9. The molecule has 6 rings (SSSR count). The second-order valence-corrected chi connectivity index (χ2v) is 10.3. The lowest BCUT2D eigenvalue weighted by Crippen LogP contribution is -2.32. The maximum atomic E-state index is 13.5. The van der Waals surface area contributed by atoms with Gasteiger partial charge in [0.1, 0.15) is 5.00 Å². The normalized spacial score (nSPS) is 20.9. The molecule has 2 aromatic carbocycles. The summed E-state index contributed by atoms with van der Waals surface area (Å²) in [5.74, 6) is -0.780. The summed E-state index contributed by atoms with van der Waals surface area (Å²) in [4.78, 5) is 21.4. The topological polar surface area (TPSA) is 138 Å². The molecular weight excluding hydrogens is 547 g/mol. The van der Waals surface area contributed by atoms with Crippen LogP contribution in [0.3, 0.4) is 0 Å². The predicted octanol–water partition coefficient (Wildman–Crippen LogP) is 4.76. The third-order valence-electron chi connectivity index (χ3n) is 6.55. The van der Waals surface area contributed by atoms with Gasteiger partial charge in [-0.25, -0.2) is 9.98 Å². The molecule has 4 N–H and O–H groups in total. The molecule has 1 aliphatic heterocycles. The minimum Gasteiger partial charge on any atom is -0.402 e. The van der Waals surface area contributed by atoms with Gasteiger partial charge in [-0.3, -0.25) is 4.79 Å². The Balaban J connectivity index is 1.32. The van der Waals surface area contributed by atoms with Crippen molar-refractivity contribution in [2.45, 2.75) is 43.8 Å². The van der Waals surface area contributed by atoms with Gasteiger partial charge in [-0.15, -0.1) is 5.10 Å². The first-order chi connectivity index (χ1) is 19.3. The fourth-order valence-corrected chi connectivity index (χ4v) is 5.52. The Morgan fingerprint density at radius 2 is 1.80 bits per heavy atom. The fourth-order valence-electron chi connectivity index (χ4n) is 4.64. The van der Waals surface area contributed by atoms with E-state index in [9.17, 15) is 23.1 Å². The summed E-state index contributed by atoms with van der Waals surface area (Å²) >= 11 is 0.397. The molecule has 1 saturated carbocycles. The minimum atomic E-state index is -4.69. The number of anilines is 3. The van der Waals surface area contributed by atoms with E-state index in [1.54, 1.807) is 12.1 Å². The molecule has 2 aliphatic rings. The number of alkyl halides is 3. The predicted molar refractivity (Wildman–Crippen MR) is 142 cm³/mol. The summed E-state index contributed by atoms with van der Waals surface area (Å²) in [6.07, 6.45) is -4.69. The van der Waals surface area contributed by atoms with E-state index in [0.717, 1.165) is 12.0 Å². The summed E-state index contributed by atoms with van der Waals surface area (Å²) in [6.45, 7) is 0. The smallest absolute Gasteiger partial charge is 0.402 e. The monoisotopic (exact) mass is 569 g/mol. The van der Waals surface area contributed by atoms with E-state index in [1.165, 1.54) is 0 Å². The molecule has 0 radical (unpaired) electrons. The number of para-hydroxylation sites is 1. The summed E-state index contributed by atoms with van der Waals surface area (Å²) in [5.41, 5.74) is 2.41. The first-order valence-electron chi connectivity index (χ1n) is 12.4. The molecule has 0 bridgehead atoms. The second-order valence-electron chi connectivity index (χ2n) is 9.28. The Bertz CT molecular complexity index is 1570. The highest BCUT2D eigenvalue weighted by Crippen LogP contribution is 2.42. The average Bonchev–Trinajstić information content (AvgIpc) is 3.66. The highest BCUT2D eigenvalue weighted by molar-refractivity contribution is 7.16. The average molecular weight is 570 g/mol. The van der Waals surface area contributed by atoms with Gasteiger partial charge in [-0.05, 0) is 25.3 Å². The molecular formula is C26H22F3N7O3S. The van der Waals surface area contributed by atoms with E-state index in [-0.39, 0.29) is 22.6 Å². The van der Waals surface area contributed by atoms with Gasteiger partial charge in [0.15, 0.2) is 5.69 Å². The van der Waals surface area contributed by atoms with Crippen molar-refractivity contribution in [1.29, 1.82) is 0 Å². The number of carbonyl (C=O) groups excluding carboxylic acids is 1. The highest BCUT2D eigenvalue weighted by Gasteiger charge is 2.38. The molecule has 0 spiro atoms. The summed E-state index contributed by atoms with van der Waals surface area (Å²) in [7, 11) is 0. The second kappa shape index (κ2) is 10.4. The van der Waals surface area contributed by atoms with Gasteiger partial charge in [-0.2, -0.15) is 13.2 Å². The summed E-state index contributed by atoms with van der Waals surface area (Å²) in [5, 5.41) is 25.5. The Hall–Kier alpha value is -4.30. The molecule has 3 heterocycles. The number of aliphatic hydroxyl groups excluding tert-OH is 1. The molecule has 206 valence electrons. The number of hydrogen-bond acceptors (Lipinski definition) is 10. The Labute approximate surface area is 229 Å². The molecule has 0 saturated heterocycles. The van der Waals surface area contributed by atoms with Crippen LogP contribution in [-0.4, -0.2) is 50.2 Å². The van der Waals surface area contributed by atoms with Crippen LogP contribution in [0.25, 0.3) is 11.6 Å². The zero-order valence-electron chi connectivity index (χ0n) is 20.6. The number of halogens is 3. The number of aliphatic hydroxyl groups is 1. The standard InChI is InChI=1S/C26H22F3N7O3S/c27-26(28,29)24-33-19(23(40-24)31-16-11-6-12-17(16)37)22-35-36-25(39-22)34-20-21(38)30-15-10-5-4-9-14(15)18(32-20)13-7-2-1-3-8-13/h1-5,7-10,16-17,20,31,37H,6,11-12H2,(H,30,38)(H,34,36)/t16-,17?,20+/m0/s1. The zero-order valence-corrected chi connectivity index (χ0v) is 21.5. The molecule has 1 unspecified atom stereocenters.